The van der Waals surface area contributed by atoms with Gasteiger partial charge in [0.15, 0.2) is 5.82 Å². The maximum atomic E-state index is 10.1. The maximum absolute atomic E-state index is 10.1. The van der Waals surface area contributed by atoms with E-state index in [-0.39, 0.29) is 6.01 Å². The minimum absolute atomic E-state index is 0.117. The van der Waals surface area contributed by atoms with Crippen LogP contribution in [-0.4, -0.2) is 24.4 Å². The van der Waals surface area contributed by atoms with E-state index in [9.17, 15) is 5.11 Å². The van der Waals surface area contributed by atoms with Crippen molar-refractivity contribution in [2.24, 2.45) is 7.05 Å². The molecule has 0 saturated heterocycles. The van der Waals surface area contributed by atoms with Crippen LogP contribution in [0.4, 0.5) is 0 Å². The molecule has 0 spiro atoms. The summed E-state index contributed by atoms with van der Waals surface area (Å²) in [7, 11) is 2.01. The summed E-state index contributed by atoms with van der Waals surface area (Å²) in [5, 5.41) is 19.1. The molecule has 0 bridgehead atoms. The lowest BCUT2D eigenvalue weighted by molar-refractivity contribution is 0.420. The number of benzene rings is 2. The van der Waals surface area contributed by atoms with Gasteiger partial charge < -0.3 is 9.67 Å². The lowest BCUT2D eigenvalue weighted by Gasteiger charge is -2.08. The van der Waals surface area contributed by atoms with Crippen molar-refractivity contribution in [3.8, 4) is 23.1 Å². The number of hydrogen-bond donors (Lipinski definition) is 1. The van der Waals surface area contributed by atoms with Gasteiger partial charge in [0.25, 0.3) is 0 Å². The molecule has 0 fully saturated rings. The Bertz CT molecular complexity index is 953. The Balaban J connectivity index is 1.93. The average molecular weight is 290 g/mol. The number of aryl methyl sites for hydroxylation is 1. The van der Waals surface area contributed by atoms with Gasteiger partial charge in [0, 0.05) is 29.7 Å². The van der Waals surface area contributed by atoms with Crippen molar-refractivity contribution in [1.29, 1.82) is 0 Å². The van der Waals surface area contributed by atoms with E-state index in [1.54, 1.807) is 4.57 Å². The molecule has 0 aliphatic rings. The van der Waals surface area contributed by atoms with Gasteiger partial charge in [-0.1, -0.05) is 35.4 Å². The molecule has 5 heteroatoms. The van der Waals surface area contributed by atoms with Gasteiger partial charge in [-0.2, -0.15) is 0 Å². The smallest absolute Gasteiger partial charge is 0.319 e. The van der Waals surface area contributed by atoms with Crippen LogP contribution in [0.1, 0.15) is 0 Å². The molecule has 0 saturated carbocycles. The Morgan fingerprint density at radius 3 is 2.59 bits per heavy atom. The normalized spacial score (nSPS) is 11.1. The summed E-state index contributed by atoms with van der Waals surface area (Å²) >= 11 is 0. The first kappa shape index (κ1) is 12.6. The SMILES string of the molecule is Cn1ccc2cc(-n3c(O)nnc3-c3ccccc3)ccc21. The fourth-order valence-corrected chi connectivity index (χ4v) is 2.70. The topological polar surface area (TPSA) is 55.9 Å². The van der Waals surface area contributed by atoms with Crippen LogP contribution in [-0.2, 0) is 7.05 Å². The van der Waals surface area contributed by atoms with Crippen molar-refractivity contribution in [2.75, 3.05) is 0 Å². The zero-order valence-electron chi connectivity index (χ0n) is 12.0. The fraction of sp³-hybridized carbons (Fsp3) is 0.0588. The predicted octanol–water partition coefficient (Wildman–Crippen LogP) is 3.13. The van der Waals surface area contributed by atoms with Crippen molar-refractivity contribution in [2.45, 2.75) is 0 Å². The molecule has 2 heterocycles. The van der Waals surface area contributed by atoms with Gasteiger partial charge in [-0.3, -0.25) is 0 Å². The summed E-state index contributed by atoms with van der Waals surface area (Å²) in [6, 6.07) is 17.6. The number of hydrogen-bond acceptors (Lipinski definition) is 3. The van der Waals surface area contributed by atoms with Gasteiger partial charge >= 0.3 is 6.01 Å². The van der Waals surface area contributed by atoms with E-state index in [2.05, 4.69) is 14.8 Å². The molecule has 0 unspecified atom stereocenters. The third-order valence-corrected chi connectivity index (χ3v) is 3.80. The van der Waals surface area contributed by atoms with Crippen LogP contribution in [0.25, 0.3) is 28.0 Å². The summed E-state index contributed by atoms with van der Waals surface area (Å²) < 4.78 is 3.71. The summed E-state index contributed by atoms with van der Waals surface area (Å²) in [5.74, 6) is 0.619. The Kier molecular flexibility index (Phi) is 2.72. The Morgan fingerprint density at radius 1 is 0.955 bits per heavy atom. The number of aromatic nitrogens is 4. The van der Waals surface area contributed by atoms with Crippen LogP contribution in [0.3, 0.4) is 0 Å². The molecule has 2 aromatic heterocycles. The second-order valence-corrected chi connectivity index (χ2v) is 5.19. The highest BCUT2D eigenvalue weighted by Gasteiger charge is 2.15. The number of rotatable bonds is 2. The van der Waals surface area contributed by atoms with E-state index < -0.39 is 0 Å². The minimum atomic E-state index is -0.117. The molecule has 108 valence electrons. The standard InChI is InChI=1S/C17H14N4O/c1-20-10-9-13-11-14(7-8-15(13)20)21-16(18-19-17(21)22)12-5-3-2-4-6-12/h2-11H,1H3,(H,19,22). The van der Waals surface area contributed by atoms with Crippen molar-refractivity contribution in [3.05, 3.63) is 60.8 Å². The summed E-state index contributed by atoms with van der Waals surface area (Å²) in [6.45, 7) is 0. The van der Waals surface area contributed by atoms with Gasteiger partial charge in [-0.05, 0) is 24.3 Å². The second kappa shape index (κ2) is 4.73. The summed E-state index contributed by atoms with van der Waals surface area (Å²) in [4.78, 5) is 0. The first-order valence-electron chi connectivity index (χ1n) is 6.99. The summed E-state index contributed by atoms with van der Waals surface area (Å²) in [5.41, 5.74) is 2.88. The molecule has 4 rings (SSSR count). The van der Waals surface area contributed by atoms with Gasteiger partial charge in [-0.25, -0.2) is 4.57 Å². The molecule has 0 radical (unpaired) electrons. The lowest BCUT2D eigenvalue weighted by Crippen LogP contribution is -1.97. The highest BCUT2D eigenvalue weighted by Crippen LogP contribution is 2.27. The first-order chi connectivity index (χ1) is 10.7. The van der Waals surface area contributed by atoms with Crippen LogP contribution in [0.15, 0.2) is 60.8 Å². The number of aromatic hydroxyl groups is 1. The monoisotopic (exact) mass is 290 g/mol. The molecule has 1 N–H and O–H groups in total. The maximum Gasteiger partial charge on any atom is 0.319 e. The van der Waals surface area contributed by atoms with Crippen LogP contribution >= 0.6 is 0 Å². The van der Waals surface area contributed by atoms with Crippen LogP contribution in [0.2, 0.25) is 0 Å². The van der Waals surface area contributed by atoms with Crippen molar-refractivity contribution >= 4 is 10.9 Å². The van der Waals surface area contributed by atoms with E-state index in [0.29, 0.717) is 5.82 Å². The van der Waals surface area contributed by atoms with Gasteiger partial charge in [-0.15, -0.1) is 5.10 Å². The van der Waals surface area contributed by atoms with Crippen LogP contribution in [0, 0.1) is 0 Å². The quantitative estimate of drug-likeness (QED) is 0.617. The highest BCUT2D eigenvalue weighted by molar-refractivity contribution is 5.82. The van der Waals surface area contributed by atoms with Gasteiger partial charge in [0.05, 0.1) is 5.69 Å². The lowest BCUT2D eigenvalue weighted by atomic mass is 10.2. The second-order valence-electron chi connectivity index (χ2n) is 5.19. The molecule has 5 nitrogen and oxygen atoms in total. The van der Waals surface area contributed by atoms with E-state index in [0.717, 1.165) is 22.2 Å². The molecule has 4 aromatic rings. The molecular formula is C17H14N4O. The molecule has 0 atom stereocenters. The van der Waals surface area contributed by atoms with E-state index in [4.69, 9.17) is 0 Å². The number of fused-ring (bicyclic) bond motifs is 1. The average Bonchev–Trinajstić information content (AvgIpc) is 3.11. The fourth-order valence-electron chi connectivity index (χ4n) is 2.70. The molecule has 0 amide bonds. The summed E-state index contributed by atoms with van der Waals surface area (Å²) in [6.07, 6.45) is 2.01. The zero-order chi connectivity index (χ0) is 15.1. The molecule has 22 heavy (non-hydrogen) atoms. The third kappa shape index (κ3) is 1.87. The molecule has 2 aromatic carbocycles. The number of nitrogens with zero attached hydrogens (tertiary/aromatic N) is 4. The van der Waals surface area contributed by atoms with Crippen LogP contribution in [0.5, 0.6) is 6.01 Å². The Hall–Kier alpha value is -3.08. The van der Waals surface area contributed by atoms with Gasteiger partial charge in [0.2, 0.25) is 0 Å². The van der Waals surface area contributed by atoms with Crippen molar-refractivity contribution in [1.82, 2.24) is 19.3 Å². The third-order valence-electron chi connectivity index (χ3n) is 3.80. The van der Waals surface area contributed by atoms with E-state index in [1.165, 1.54) is 0 Å². The van der Waals surface area contributed by atoms with Gasteiger partial charge in [0.1, 0.15) is 0 Å². The largest absolute Gasteiger partial charge is 0.479 e. The van der Waals surface area contributed by atoms with Crippen LogP contribution < -0.4 is 0 Å². The zero-order valence-corrected chi connectivity index (χ0v) is 12.0. The highest BCUT2D eigenvalue weighted by atomic mass is 16.3. The molecule has 0 aliphatic heterocycles. The van der Waals surface area contributed by atoms with Crippen molar-refractivity contribution < 1.29 is 5.11 Å². The Morgan fingerprint density at radius 2 is 1.77 bits per heavy atom. The van der Waals surface area contributed by atoms with Crippen molar-refractivity contribution in [3.63, 3.8) is 0 Å². The first-order valence-corrected chi connectivity index (χ1v) is 6.99. The molecular weight excluding hydrogens is 276 g/mol. The van der Waals surface area contributed by atoms with E-state index in [1.807, 2.05) is 67.8 Å². The Labute approximate surface area is 127 Å². The predicted molar refractivity (Wildman–Crippen MR) is 84.9 cm³/mol. The minimum Gasteiger partial charge on any atom is -0.479 e. The molecule has 0 aliphatic carbocycles. The van der Waals surface area contributed by atoms with E-state index >= 15 is 0 Å².